The Labute approximate surface area is 226 Å². The van der Waals surface area contributed by atoms with E-state index in [1.165, 1.54) is 19.2 Å². The molecule has 0 saturated heterocycles. The summed E-state index contributed by atoms with van der Waals surface area (Å²) in [5, 5.41) is 13.8. The van der Waals surface area contributed by atoms with Gasteiger partial charge in [-0.3, -0.25) is 24.5 Å². The van der Waals surface area contributed by atoms with Crippen molar-refractivity contribution in [3.05, 3.63) is 57.1 Å². The van der Waals surface area contributed by atoms with E-state index in [-0.39, 0.29) is 41.5 Å². The van der Waals surface area contributed by atoms with Gasteiger partial charge in [0.15, 0.2) is 23.7 Å². The van der Waals surface area contributed by atoms with Gasteiger partial charge in [0.25, 0.3) is 11.6 Å². The lowest BCUT2D eigenvalue weighted by Crippen LogP contribution is -2.64. The average Bonchev–Trinajstić information content (AvgIpc) is 3.38. The number of fused-ring (bicyclic) bond motifs is 4. The number of esters is 3. The molecule has 210 valence electrons. The molecule has 5 rings (SSSR count). The molecular weight excluding hydrogens is 532 g/mol. The maximum absolute atomic E-state index is 13.3. The quantitative estimate of drug-likeness (QED) is 0.237. The lowest BCUT2D eigenvalue weighted by atomic mass is 9.71. The van der Waals surface area contributed by atoms with E-state index in [1.807, 2.05) is 0 Å². The number of nitrogens with one attached hydrogen (secondary N) is 1. The van der Waals surface area contributed by atoms with E-state index in [2.05, 4.69) is 5.32 Å². The van der Waals surface area contributed by atoms with E-state index in [1.54, 1.807) is 6.07 Å². The second-order valence-corrected chi connectivity index (χ2v) is 9.35. The molecule has 2 aromatic carbocycles. The van der Waals surface area contributed by atoms with Gasteiger partial charge >= 0.3 is 17.9 Å². The molecule has 2 heterocycles. The number of amides is 1. The van der Waals surface area contributed by atoms with Crippen LogP contribution in [0.4, 0.5) is 5.69 Å². The molecule has 0 radical (unpaired) electrons. The number of carbonyl (C=O) groups is 4. The van der Waals surface area contributed by atoms with Gasteiger partial charge < -0.3 is 33.7 Å². The Kier molecular flexibility index (Phi) is 6.92. The highest BCUT2D eigenvalue weighted by Crippen LogP contribution is 2.51. The maximum atomic E-state index is 13.3. The van der Waals surface area contributed by atoms with E-state index >= 15 is 0 Å². The molecule has 1 saturated carbocycles. The number of methoxy groups -OCH3 is 1. The Balaban J connectivity index is 1.56. The van der Waals surface area contributed by atoms with E-state index in [4.69, 9.17) is 28.4 Å². The molecule has 2 aliphatic heterocycles. The van der Waals surface area contributed by atoms with E-state index < -0.39 is 59.0 Å². The molecule has 5 atom stereocenters. The number of benzene rings is 2. The van der Waals surface area contributed by atoms with Crippen molar-refractivity contribution in [2.75, 3.05) is 13.9 Å². The molecule has 0 spiro atoms. The lowest BCUT2D eigenvalue weighted by Gasteiger charge is -2.47. The molecule has 1 aliphatic carbocycles. The number of hydrogen-bond donors (Lipinski definition) is 1. The van der Waals surface area contributed by atoms with Gasteiger partial charge in [-0.25, -0.2) is 4.79 Å². The number of nitro benzene ring substituents is 1. The Morgan fingerprint density at radius 2 is 1.70 bits per heavy atom. The largest absolute Gasteiger partial charge is 0.492 e. The minimum atomic E-state index is -1.28. The van der Waals surface area contributed by atoms with Crippen molar-refractivity contribution in [2.45, 2.75) is 50.5 Å². The molecule has 40 heavy (non-hydrogen) atoms. The van der Waals surface area contributed by atoms with Gasteiger partial charge in [-0.1, -0.05) is 0 Å². The summed E-state index contributed by atoms with van der Waals surface area (Å²) in [6.45, 7) is 2.22. The molecular formula is C26H24N2O12. The highest BCUT2D eigenvalue weighted by molar-refractivity contribution is 6.02. The zero-order valence-corrected chi connectivity index (χ0v) is 21.5. The normalized spacial score (nSPS) is 24.1. The van der Waals surface area contributed by atoms with Crippen LogP contribution in [-0.4, -0.2) is 67.0 Å². The van der Waals surface area contributed by atoms with E-state index in [0.717, 1.165) is 26.0 Å². The second kappa shape index (κ2) is 10.4. The summed E-state index contributed by atoms with van der Waals surface area (Å²) in [4.78, 5) is 61.0. The molecule has 1 amide bonds. The van der Waals surface area contributed by atoms with Crippen molar-refractivity contribution in [1.29, 1.82) is 0 Å². The Morgan fingerprint density at radius 3 is 2.33 bits per heavy atom. The Morgan fingerprint density at radius 1 is 1.02 bits per heavy atom. The van der Waals surface area contributed by atoms with Gasteiger partial charge in [0.2, 0.25) is 12.5 Å². The second-order valence-electron chi connectivity index (χ2n) is 9.35. The average molecular weight is 556 g/mol. The van der Waals surface area contributed by atoms with Gasteiger partial charge in [-0.15, -0.1) is 0 Å². The molecule has 2 aromatic rings. The summed E-state index contributed by atoms with van der Waals surface area (Å²) in [7, 11) is 1.38. The zero-order chi connectivity index (χ0) is 28.7. The van der Waals surface area contributed by atoms with E-state index in [0.29, 0.717) is 11.3 Å². The first kappa shape index (κ1) is 26.7. The minimum absolute atomic E-state index is 0.0146. The predicted molar refractivity (Wildman–Crippen MR) is 131 cm³/mol. The first-order chi connectivity index (χ1) is 19.1. The topological polar surface area (TPSA) is 179 Å². The summed E-state index contributed by atoms with van der Waals surface area (Å²) in [5.41, 5.74) is 0.457. The monoisotopic (exact) mass is 556 g/mol. The van der Waals surface area contributed by atoms with Gasteiger partial charge in [0, 0.05) is 31.9 Å². The van der Waals surface area contributed by atoms with Crippen LogP contribution in [0.1, 0.15) is 52.5 Å². The molecule has 1 N–H and O–H groups in total. The third-order valence-electron chi connectivity index (χ3n) is 6.92. The summed E-state index contributed by atoms with van der Waals surface area (Å²) in [6.07, 6.45) is -3.61. The van der Waals surface area contributed by atoms with Crippen molar-refractivity contribution >= 4 is 29.5 Å². The summed E-state index contributed by atoms with van der Waals surface area (Å²) in [6, 6.07) is 5.53. The molecule has 14 nitrogen and oxygen atoms in total. The summed E-state index contributed by atoms with van der Waals surface area (Å²) >= 11 is 0. The maximum Gasteiger partial charge on any atom is 0.338 e. The fourth-order valence-corrected chi connectivity index (χ4v) is 5.36. The van der Waals surface area contributed by atoms with Crippen molar-refractivity contribution in [1.82, 2.24) is 5.32 Å². The van der Waals surface area contributed by atoms with Crippen LogP contribution in [0.2, 0.25) is 0 Å². The van der Waals surface area contributed by atoms with Gasteiger partial charge in [0.05, 0.1) is 29.2 Å². The summed E-state index contributed by atoms with van der Waals surface area (Å²) < 4.78 is 33.3. The van der Waals surface area contributed by atoms with Crippen LogP contribution in [0, 0.1) is 10.1 Å². The van der Waals surface area contributed by atoms with Crippen LogP contribution in [0.25, 0.3) is 0 Å². The van der Waals surface area contributed by atoms with Crippen LogP contribution in [-0.2, 0) is 23.8 Å². The third-order valence-corrected chi connectivity index (χ3v) is 6.92. The fraction of sp³-hybridized carbons (Fsp3) is 0.385. The van der Waals surface area contributed by atoms with Crippen LogP contribution in [0.3, 0.4) is 0 Å². The van der Waals surface area contributed by atoms with Crippen molar-refractivity contribution < 1.29 is 52.5 Å². The smallest absolute Gasteiger partial charge is 0.338 e. The molecule has 0 unspecified atom stereocenters. The van der Waals surface area contributed by atoms with Crippen LogP contribution in [0.5, 0.6) is 17.2 Å². The SMILES string of the molecule is COc1c2c(cc3c1C(=O)N[C@H]1[C@H](OC(C)=O)[C@H](OC(C)=O)[C@@H](OC(=O)c4ccc([N+](=O)[O-])cc4)C[C@H]31)OCO2. The number of nitro groups is 1. The van der Waals surface area contributed by atoms with Crippen LogP contribution < -0.4 is 19.5 Å². The highest BCUT2D eigenvalue weighted by Gasteiger charge is 2.54. The van der Waals surface area contributed by atoms with Gasteiger partial charge in [-0.05, 0) is 30.2 Å². The predicted octanol–water partition coefficient (Wildman–Crippen LogP) is 2.02. The van der Waals surface area contributed by atoms with Crippen molar-refractivity contribution in [3.8, 4) is 17.2 Å². The minimum Gasteiger partial charge on any atom is -0.492 e. The van der Waals surface area contributed by atoms with Crippen LogP contribution >= 0.6 is 0 Å². The summed E-state index contributed by atoms with van der Waals surface area (Å²) in [5.74, 6) is -2.67. The van der Waals surface area contributed by atoms with Crippen molar-refractivity contribution in [3.63, 3.8) is 0 Å². The molecule has 14 heteroatoms. The fourth-order valence-electron chi connectivity index (χ4n) is 5.36. The first-order valence-electron chi connectivity index (χ1n) is 12.2. The standard InChI is InChI=1S/C26H24N2O12/c1-11(29)38-22-18(40-26(32)13-4-6-14(7-5-13)28(33)34)9-16-15-8-17-21(37-10-36-17)23(35-3)19(15)25(31)27-20(16)24(22)39-12(2)30/h4-8,16,18,20,22,24H,9-10H2,1-3H3,(H,27,31)/t16-,18+,20-,22-,24+/m1/s1. The van der Waals surface area contributed by atoms with Gasteiger partial charge in [0.1, 0.15) is 6.10 Å². The lowest BCUT2D eigenvalue weighted by molar-refractivity contribution is -0.384. The zero-order valence-electron chi connectivity index (χ0n) is 21.5. The van der Waals surface area contributed by atoms with Crippen LogP contribution in [0.15, 0.2) is 30.3 Å². The number of non-ortho nitro benzene ring substituents is 1. The molecule has 0 aromatic heterocycles. The highest BCUT2D eigenvalue weighted by atomic mass is 16.7. The van der Waals surface area contributed by atoms with Crippen molar-refractivity contribution in [2.24, 2.45) is 0 Å². The number of nitrogens with zero attached hydrogens (tertiary/aromatic N) is 1. The number of ether oxygens (including phenoxy) is 6. The van der Waals surface area contributed by atoms with Gasteiger partial charge in [-0.2, -0.15) is 0 Å². The first-order valence-corrected chi connectivity index (χ1v) is 12.2. The Hall–Kier alpha value is -4.88. The Bertz CT molecular complexity index is 1410. The number of carbonyl (C=O) groups excluding carboxylic acids is 4. The molecule has 0 bridgehead atoms. The number of hydrogen-bond acceptors (Lipinski definition) is 12. The molecule has 1 fully saturated rings. The van der Waals surface area contributed by atoms with E-state index in [9.17, 15) is 29.3 Å². The number of rotatable bonds is 6. The third kappa shape index (κ3) is 4.72. The molecule has 3 aliphatic rings.